The van der Waals surface area contributed by atoms with Gasteiger partial charge in [0.05, 0.1) is 36.7 Å². The van der Waals surface area contributed by atoms with Crippen molar-refractivity contribution in [3.63, 3.8) is 0 Å². The van der Waals surface area contributed by atoms with E-state index in [1.807, 2.05) is 18.7 Å². The van der Waals surface area contributed by atoms with E-state index >= 15 is 0 Å². The Balaban J connectivity index is 1.67. The Labute approximate surface area is 144 Å². The average molecular weight is 348 g/mol. The molecule has 0 N–H and O–H groups in total. The Bertz CT molecular complexity index is 734. The van der Waals surface area contributed by atoms with Crippen LogP contribution in [0.3, 0.4) is 0 Å². The second-order valence-corrected chi connectivity index (χ2v) is 6.88. The molecule has 1 saturated heterocycles. The van der Waals surface area contributed by atoms with Gasteiger partial charge in [-0.15, -0.1) is 11.3 Å². The summed E-state index contributed by atoms with van der Waals surface area (Å²) >= 11 is 1.44. The number of nitrogens with zero attached hydrogens (tertiary/aromatic N) is 4. The number of hydrogen-bond acceptors (Lipinski definition) is 7. The van der Waals surface area contributed by atoms with Gasteiger partial charge in [-0.3, -0.25) is 9.78 Å². The van der Waals surface area contributed by atoms with Crippen molar-refractivity contribution in [1.82, 2.24) is 19.9 Å². The van der Waals surface area contributed by atoms with Crippen LogP contribution in [0.15, 0.2) is 12.4 Å². The van der Waals surface area contributed by atoms with E-state index in [4.69, 9.17) is 9.47 Å². The van der Waals surface area contributed by atoms with Crippen molar-refractivity contribution >= 4 is 17.2 Å². The highest BCUT2D eigenvalue weighted by atomic mass is 32.1. The lowest BCUT2D eigenvalue weighted by Crippen LogP contribution is -2.44. The van der Waals surface area contributed by atoms with Gasteiger partial charge in [0, 0.05) is 6.54 Å². The first kappa shape index (κ1) is 16.6. The Morgan fingerprint density at radius 1 is 1.29 bits per heavy atom. The summed E-state index contributed by atoms with van der Waals surface area (Å²) in [5.41, 5.74) is 0.796. The summed E-state index contributed by atoms with van der Waals surface area (Å²) in [6, 6.07) is 0. The monoisotopic (exact) mass is 348 g/mol. The molecule has 0 radical (unpaired) electrons. The highest BCUT2D eigenvalue weighted by Crippen LogP contribution is 2.23. The standard InChI is InChI=1S/C16H20N4O3S/c1-10-15(24-11(2)18-10)16(21)20-6-4-5-12(9-20)23-14-8-17-7-13(19-14)22-3/h7-8,12H,4-6,9H2,1-3H3. The maximum Gasteiger partial charge on any atom is 0.265 e. The molecule has 0 saturated carbocycles. The molecule has 1 aliphatic rings. The second-order valence-electron chi connectivity index (χ2n) is 5.68. The second kappa shape index (κ2) is 7.12. The molecule has 2 aromatic rings. The number of thiazole rings is 1. The van der Waals surface area contributed by atoms with E-state index in [-0.39, 0.29) is 12.0 Å². The minimum absolute atomic E-state index is 0.0307. The first-order valence-corrected chi connectivity index (χ1v) is 8.64. The highest BCUT2D eigenvalue weighted by Gasteiger charge is 2.28. The van der Waals surface area contributed by atoms with Gasteiger partial charge in [-0.1, -0.05) is 0 Å². The number of carbonyl (C=O) groups is 1. The Hall–Kier alpha value is -2.22. The quantitative estimate of drug-likeness (QED) is 0.843. The van der Waals surface area contributed by atoms with E-state index in [0.29, 0.717) is 23.2 Å². The van der Waals surface area contributed by atoms with Gasteiger partial charge in [-0.2, -0.15) is 4.98 Å². The summed E-state index contributed by atoms with van der Waals surface area (Å²) < 4.78 is 10.9. The smallest absolute Gasteiger partial charge is 0.265 e. The summed E-state index contributed by atoms with van der Waals surface area (Å²) in [6.45, 7) is 5.06. The van der Waals surface area contributed by atoms with Crippen LogP contribution in [0.5, 0.6) is 11.8 Å². The molecule has 128 valence electrons. The summed E-state index contributed by atoms with van der Waals surface area (Å²) in [5, 5.41) is 0.910. The number of amides is 1. The van der Waals surface area contributed by atoms with Gasteiger partial charge in [-0.05, 0) is 26.7 Å². The van der Waals surface area contributed by atoms with Crippen LogP contribution in [0.4, 0.5) is 0 Å². The van der Waals surface area contributed by atoms with E-state index < -0.39 is 0 Å². The molecule has 3 heterocycles. The van der Waals surface area contributed by atoms with E-state index in [9.17, 15) is 4.79 Å². The Kier molecular flexibility index (Phi) is 4.94. The predicted octanol–water partition coefficient (Wildman–Crippen LogP) is 2.24. The predicted molar refractivity (Wildman–Crippen MR) is 89.7 cm³/mol. The normalized spacial score (nSPS) is 17.6. The summed E-state index contributed by atoms with van der Waals surface area (Å²) in [6.07, 6.45) is 4.75. The third-order valence-electron chi connectivity index (χ3n) is 3.85. The fourth-order valence-electron chi connectivity index (χ4n) is 2.75. The summed E-state index contributed by atoms with van der Waals surface area (Å²) in [4.78, 5) is 27.9. The molecule has 1 amide bonds. The molecular formula is C16H20N4O3S. The molecule has 1 aliphatic heterocycles. The molecule has 2 aromatic heterocycles. The van der Waals surface area contributed by atoms with Crippen LogP contribution in [0.1, 0.15) is 33.2 Å². The molecule has 0 spiro atoms. The van der Waals surface area contributed by atoms with Crippen LogP contribution in [0.2, 0.25) is 0 Å². The third-order valence-corrected chi connectivity index (χ3v) is 4.91. The zero-order chi connectivity index (χ0) is 17.1. The number of rotatable bonds is 4. The first-order valence-electron chi connectivity index (χ1n) is 7.83. The number of hydrogen-bond donors (Lipinski definition) is 0. The van der Waals surface area contributed by atoms with Gasteiger partial charge in [0.15, 0.2) is 0 Å². The van der Waals surface area contributed by atoms with Crippen LogP contribution < -0.4 is 9.47 Å². The van der Waals surface area contributed by atoms with Crippen molar-refractivity contribution in [2.24, 2.45) is 0 Å². The average Bonchev–Trinajstić information content (AvgIpc) is 2.93. The number of methoxy groups -OCH3 is 1. The number of carbonyl (C=O) groups excluding carboxylic acids is 1. The SMILES string of the molecule is COc1cncc(OC2CCCN(C(=O)c3sc(C)nc3C)C2)n1. The molecule has 1 atom stereocenters. The first-order chi connectivity index (χ1) is 11.6. The van der Waals surface area contributed by atoms with Crippen molar-refractivity contribution in [2.45, 2.75) is 32.8 Å². The lowest BCUT2D eigenvalue weighted by molar-refractivity contribution is 0.0528. The summed E-state index contributed by atoms with van der Waals surface area (Å²) in [5.74, 6) is 0.855. The van der Waals surface area contributed by atoms with E-state index in [2.05, 4.69) is 15.0 Å². The lowest BCUT2D eigenvalue weighted by Gasteiger charge is -2.32. The summed E-state index contributed by atoms with van der Waals surface area (Å²) in [7, 11) is 1.54. The fourth-order valence-corrected chi connectivity index (χ4v) is 3.64. The van der Waals surface area contributed by atoms with Crippen LogP contribution >= 0.6 is 11.3 Å². The highest BCUT2D eigenvalue weighted by molar-refractivity contribution is 7.13. The minimum atomic E-state index is -0.0987. The van der Waals surface area contributed by atoms with Crippen molar-refractivity contribution in [2.75, 3.05) is 20.2 Å². The number of ether oxygens (including phenoxy) is 2. The number of aryl methyl sites for hydroxylation is 2. The Morgan fingerprint density at radius 2 is 2.08 bits per heavy atom. The maximum absolute atomic E-state index is 12.7. The van der Waals surface area contributed by atoms with E-state index in [1.165, 1.54) is 24.6 Å². The van der Waals surface area contributed by atoms with Crippen molar-refractivity contribution in [3.05, 3.63) is 28.0 Å². The zero-order valence-electron chi connectivity index (χ0n) is 14.0. The molecule has 0 aliphatic carbocycles. The van der Waals surface area contributed by atoms with E-state index in [0.717, 1.165) is 30.1 Å². The largest absolute Gasteiger partial charge is 0.480 e. The number of piperidine rings is 1. The fraction of sp³-hybridized carbons (Fsp3) is 0.500. The van der Waals surface area contributed by atoms with Gasteiger partial charge >= 0.3 is 0 Å². The van der Waals surface area contributed by atoms with Crippen LogP contribution in [0, 0.1) is 13.8 Å². The lowest BCUT2D eigenvalue weighted by atomic mass is 10.1. The van der Waals surface area contributed by atoms with Gasteiger partial charge in [-0.25, -0.2) is 4.98 Å². The molecule has 1 fully saturated rings. The molecule has 3 rings (SSSR count). The van der Waals surface area contributed by atoms with Gasteiger partial charge in [0.2, 0.25) is 11.8 Å². The number of aromatic nitrogens is 3. The van der Waals surface area contributed by atoms with Crippen molar-refractivity contribution < 1.29 is 14.3 Å². The minimum Gasteiger partial charge on any atom is -0.480 e. The molecule has 7 nitrogen and oxygen atoms in total. The third kappa shape index (κ3) is 3.64. The topological polar surface area (TPSA) is 77.4 Å². The van der Waals surface area contributed by atoms with Gasteiger partial charge in [0.25, 0.3) is 5.91 Å². The van der Waals surface area contributed by atoms with E-state index in [1.54, 1.807) is 6.20 Å². The van der Waals surface area contributed by atoms with Crippen LogP contribution in [-0.2, 0) is 0 Å². The van der Waals surface area contributed by atoms with Crippen LogP contribution in [0.25, 0.3) is 0 Å². The zero-order valence-corrected chi connectivity index (χ0v) is 14.8. The molecule has 8 heteroatoms. The van der Waals surface area contributed by atoms with Gasteiger partial charge < -0.3 is 14.4 Å². The maximum atomic E-state index is 12.7. The molecular weight excluding hydrogens is 328 g/mol. The van der Waals surface area contributed by atoms with Crippen molar-refractivity contribution in [3.8, 4) is 11.8 Å². The molecule has 1 unspecified atom stereocenters. The molecule has 0 bridgehead atoms. The van der Waals surface area contributed by atoms with Crippen LogP contribution in [-0.4, -0.2) is 52.1 Å². The molecule has 24 heavy (non-hydrogen) atoms. The Morgan fingerprint density at radius 3 is 2.79 bits per heavy atom. The molecule has 0 aromatic carbocycles. The van der Waals surface area contributed by atoms with Gasteiger partial charge in [0.1, 0.15) is 11.0 Å². The number of likely N-dealkylation sites (tertiary alicyclic amines) is 1. The van der Waals surface area contributed by atoms with Crippen molar-refractivity contribution in [1.29, 1.82) is 0 Å².